The Morgan fingerprint density at radius 3 is 2.05 bits per heavy atom. The number of aryl methyl sites for hydroxylation is 4. The van der Waals surface area contributed by atoms with E-state index in [4.69, 9.17) is 4.74 Å². The first-order valence-corrected chi connectivity index (χ1v) is 14.2. The molecule has 0 aromatic heterocycles. The highest BCUT2D eigenvalue weighted by Gasteiger charge is 2.36. The molecule has 0 aliphatic carbocycles. The predicted octanol–water partition coefficient (Wildman–Crippen LogP) is 6.29. The van der Waals surface area contributed by atoms with Crippen molar-refractivity contribution in [3.8, 4) is 5.75 Å². The second kappa shape index (κ2) is 13.6. The SMILES string of the molecule is CCN(C(=O)C(Cc1ccc(O)cc1)NC(=O)OC(C)(C)C)C(C(=O)Nc1c(C)cccc1C)c1ccc(C)c(C)c1. The van der Waals surface area contributed by atoms with Crippen LogP contribution in [0.2, 0.25) is 0 Å². The van der Waals surface area contributed by atoms with Crippen LogP contribution in [0.3, 0.4) is 0 Å². The highest BCUT2D eigenvalue weighted by Crippen LogP contribution is 2.28. The molecule has 8 heteroatoms. The van der Waals surface area contributed by atoms with Gasteiger partial charge in [0, 0.05) is 18.7 Å². The van der Waals surface area contributed by atoms with Gasteiger partial charge in [-0.05, 0) is 101 Å². The lowest BCUT2D eigenvalue weighted by Crippen LogP contribution is -2.53. The number of aromatic hydroxyl groups is 1. The molecular weight excluding hydrogens is 530 g/mol. The average Bonchev–Trinajstić information content (AvgIpc) is 2.90. The van der Waals surface area contributed by atoms with Crippen molar-refractivity contribution in [2.45, 2.75) is 79.5 Å². The largest absolute Gasteiger partial charge is 0.508 e. The maximum Gasteiger partial charge on any atom is 0.408 e. The zero-order chi connectivity index (χ0) is 31.2. The number of hydrogen-bond acceptors (Lipinski definition) is 5. The number of para-hydroxylation sites is 1. The number of benzene rings is 3. The second-order valence-electron chi connectivity index (χ2n) is 11.7. The van der Waals surface area contributed by atoms with Crippen molar-refractivity contribution in [1.29, 1.82) is 0 Å². The van der Waals surface area contributed by atoms with E-state index in [0.717, 1.165) is 27.8 Å². The summed E-state index contributed by atoms with van der Waals surface area (Å²) in [4.78, 5) is 42.8. The number of rotatable bonds is 9. The Morgan fingerprint density at radius 1 is 0.881 bits per heavy atom. The van der Waals surface area contributed by atoms with Gasteiger partial charge in [-0.15, -0.1) is 0 Å². The van der Waals surface area contributed by atoms with Gasteiger partial charge in [-0.25, -0.2) is 4.79 Å². The van der Waals surface area contributed by atoms with Gasteiger partial charge in [0.05, 0.1) is 0 Å². The molecule has 2 unspecified atom stereocenters. The molecule has 42 heavy (non-hydrogen) atoms. The summed E-state index contributed by atoms with van der Waals surface area (Å²) in [6, 6.07) is 15.9. The lowest BCUT2D eigenvalue weighted by atomic mass is 9.97. The highest BCUT2D eigenvalue weighted by atomic mass is 16.6. The monoisotopic (exact) mass is 573 g/mol. The molecule has 3 N–H and O–H groups in total. The number of carbonyl (C=O) groups is 3. The predicted molar refractivity (Wildman–Crippen MR) is 166 cm³/mol. The summed E-state index contributed by atoms with van der Waals surface area (Å²) in [6.07, 6.45) is -0.606. The number of amides is 3. The summed E-state index contributed by atoms with van der Waals surface area (Å²) in [7, 11) is 0. The molecular formula is C34H43N3O5. The summed E-state index contributed by atoms with van der Waals surface area (Å²) < 4.78 is 5.48. The van der Waals surface area contributed by atoms with E-state index in [-0.39, 0.29) is 24.6 Å². The van der Waals surface area contributed by atoms with Crippen molar-refractivity contribution in [2.75, 3.05) is 11.9 Å². The molecule has 0 spiro atoms. The van der Waals surface area contributed by atoms with Gasteiger partial charge in [0.15, 0.2) is 0 Å². The molecule has 3 aromatic carbocycles. The van der Waals surface area contributed by atoms with Gasteiger partial charge in [0.1, 0.15) is 23.4 Å². The number of anilines is 1. The number of likely N-dealkylation sites (N-methyl/N-ethyl adjacent to an activating group) is 1. The van der Waals surface area contributed by atoms with Gasteiger partial charge in [0.25, 0.3) is 5.91 Å². The van der Waals surface area contributed by atoms with Crippen molar-refractivity contribution in [2.24, 2.45) is 0 Å². The topological polar surface area (TPSA) is 108 Å². The number of nitrogens with zero attached hydrogens (tertiary/aromatic N) is 1. The Balaban J connectivity index is 2.06. The second-order valence-corrected chi connectivity index (χ2v) is 11.7. The van der Waals surface area contributed by atoms with Crippen molar-refractivity contribution >= 4 is 23.6 Å². The molecule has 3 rings (SSSR count). The molecule has 0 saturated carbocycles. The van der Waals surface area contributed by atoms with E-state index in [0.29, 0.717) is 11.3 Å². The van der Waals surface area contributed by atoms with Crippen LogP contribution in [-0.2, 0) is 20.7 Å². The van der Waals surface area contributed by atoms with Crippen LogP contribution in [0.15, 0.2) is 60.7 Å². The molecule has 0 fully saturated rings. The summed E-state index contributed by atoms with van der Waals surface area (Å²) in [5, 5.41) is 15.6. The van der Waals surface area contributed by atoms with Gasteiger partial charge >= 0.3 is 6.09 Å². The van der Waals surface area contributed by atoms with Crippen LogP contribution in [0.5, 0.6) is 5.75 Å². The van der Waals surface area contributed by atoms with Crippen LogP contribution in [0, 0.1) is 27.7 Å². The number of carbonyl (C=O) groups excluding carboxylic acids is 3. The van der Waals surface area contributed by atoms with E-state index in [9.17, 15) is 19.5 Å². The summed E-state index contributed by atoms with van der Waals surface area (Å²) in [5.74, 6) is -0.697. The quantitative estimate of drug-likeness (QED) is 0.279. The molecule has 0 bridgehead atoms. The fraction of sp³-hybridized carbons (Fsp3) is 0.382. The summed E-state index contributed by atoms with van der Waals surface area (Å²) >= 11 is 0. The first-order chi connectivity index (χ1) is 19.7. The minimum atomic E-state index is -1.04. The molecule has 2 atom stereocenters. The lowest BCUT2D eigenvalue weighted by molar-refractivity contribution is -0.140. The number of hydrogen-bond donors (Lipinski definition) is 3. The Hall–Kier alpha value is -4.33. The van der Waals surface area contributed by atoms with E-state index in [2.05, 4.69) is 10.6 Å². The van der Waals surface area contributed by atoms with Crippen LogP contribution in [0.1, 0.15) is 67.1 Å². The van der Waals surface area contributed by atoms with E-state index >= 15 is 0 Å². The molecule has 0 aliphatic rings. The molecule has 3 amide bonds. The third-order valence-corrected chi connectivity index (χ3v) is 7.13. The van der Waals surface area contributed by atoms with Gasteiger partial charge < -0.3 is 25.4 Å². The first kappa shape index (κ1) is 32.2. The van der Waals surface area contributed by atoms with Gasteiger partial charge in [-0.2, -0.15) is 0 Å². The zero-order valence-electron chi connectivity index (χ0n) is 25.9. The van der Waals surface area contributed by atoms with Gasteiger partial charge in [0.2, 0.25) is 5.91 Å². The van der Waals surface area contributed by atoms with Gasteiger partial charge in [-0.1, -0.05) is 48.5 Å². The van der Waals surface area contributed by atoms with Crippen molar-refractivity contribution in [3.05, 3.63) is 94.0 Å². The fourth-order valence-electron chi connectivity index (χ4n) is 4.79. The van der Waals surface area contributed by atoms with E-state index in [1.165, 1.54) is 17.0 Å². The zero-order valence-corrected chi connectivity index (χ0v) is 25.9. The van der Waals surface area contributed by atoms with Crippen LogP contribution in [0.25, 0.3) is 0 Å². The average molecular weight is 574 g/mol. The summed E-state index contributed by atoms with van der Waals surface area (Å²) in [5.41, 5.74) is 5.20. The van der Waals surface area contributed by atoms with Crippen molar-refractivity contribution in [1.82, 2.24) is 10.2 Å². The highest BCUT2D eigenvalue weighted by molar-refractivity contribution is 6.00. The van der Waals surface area contributed by atoms with Gasteiger partial charge in [-0.3, -0.25) is 9.59 Å². The standard InChI is InChI=1S/C34H43N3O5/c1-9-37(32(40)28(35-33(41)42-34(6,7)8)20-25-14-17-27(38)18-15-25)30(26-16-13-21(2)24(5)19-26)31(39)36-29-22(3)11-10-12-23(29)4/h10-19,28,30,38H,9,20H2,1-8H3,(H,35,41)(H,36,39). The number of phenolic OH excluding ortho intramolecular Hbond substituents is 1. The van der Waals surface area contributed by atoms with Crippen molar-refractivity contribution in [3.63, 3.8) is 0 Å². The van der Waals surface area contributed by atoms with E-state index in [1.807, 2.05) is 71.0 Å². The number of alkyl carbamates (subject to hydrolysis) is 1. The lowest BCUT2D eigenvalue weighted by Gasteiger charge is -2.34. The smallest absolute Gasteiger partial charge is 0.408 e. The Kier molecular flexibility index (Phi) is 10.4. The normalized spacial score (nSPS) is 12.7. The Labute approximate surface area is 249 Å². The van der Waals surface area contributed by atoms with Crippen LogP contribution < -0.4 is 10.6 Å². The molecule has 0 saturated heterocycles. The minimum Gasteiger partial charge on any atom is -0.508 e. The number of nitrogens with one attached hydrogen (secondary N) is 2. The Morgan fingerprint density at radius 2 is 1.50 bits per heavy atom. The minimum absolute atomic E-state index is 0.0925. The third-order valence-electron chi connectivity index (χ3n) is 7.13. The molecule has 0 radical (unpaired) electrons. The summed E-state index contributed by atoms with van der Waals surface area (Å²) in [6.45, 7) is 15.1. The van der Waals surface area contributed by atoms with Crippen LogP contribution >= 0.6 is 0 Å². The van der Waals surface area contributed by atoms with Crippen LogP contribution in [0.4, 0.5) is 10.5 Å². The fourth-order valence-corrected chi connectivity index (χ4v) is 4.79. The van der Waals surface area contributed by atoms with Crippen molar-refractivity contribution < 1.29 is 24.2 Å². The Bertz CT molecular complexity index is 1410. The molecule has 224 valence electrons. The number of ether oxygens (including phenoxy) is 1. The maximum atomic E-state index is 14.3. The number of phenols is 1. The molecule has 0 aliphatic heterocycles. The van der Waals surface area contributed by atoms with Crippen LogP contribution in [-0.4, -0.2) is 46.1 Å². The molecule has 0 heterocycles. The van der Waals surface area contributed by atoms with E-state index < -0.39 is 29.7 Å². The third kappa shape index (κ3) is 8.35. The molecule has 3 aromatic rings. The maximum absolute atomic E-state index is 14.3. The molecule has 8 nitrogen and oxygen atoms in total. The van der Waals surface area contributed by atoms with E-state index in [1.54, 1.807) is 32.9 Å². The first-order valence-electron chi connectivity index (χ1n) is 14.2.